The van der Waals surface area contributed by atoms with Gasteiger partial charge in [-0.1, -0.05) is 53.7 Å². The van der Waals surface area contributed by atoms with E-state index in [0.29, 0.717) is 23.0 Å². The van der Waals surface area contributed by atoms with Crippen LogP contribution < -0.4 is 0 Å². The van der Waals surface area contributed by atoms with Gasteiger partial charge in [-0.25, -0.2) is 9.59 Å². The summed E-state index contributed by atoms with van der Waals surface area (Å²) in [5, 5.41) is 0. The van der Waals surface area contributed by atoms with Crippen molar-refractivity contribution in [1.29, 1.82) is 0 Å². The van der Waals surface area contributed by atoms with Crippen molar-refractivity contribution in [2.45, 2.75) is 92.3 Å². The van der Waals surface area contributed by atoms with Gasteiger partial charge in [0.1, 0.15) is 12.2 Å². The molecule has 0 unspecified atom stereocenters. The summed E-state index contributed by atoms with van der Waals surface area (Å²) < 4.78 is 11.7. The van der Waals surface area contributed by atoms with Crippen LogP contribution in [0.15, 0.2) is 24.3 Å². The highest BCUT2D eigenvalue weighted by molar-refractivity contribution is 6.03. The molecule has 166 valence electrons. The molecule has 4 atom stereocenters. The van der Waals surface area contributed by atoms with Crippen molar-refractivity contribution >= 4 is 11.9 Å². The van der Waals surface area contributed by atoms with Gasteiger partial charge in [-0.3, -0.25) is 0 Å². The number of carbonyl (C=O) groups is 2. The van der Waals surface area contributed by atoms with E-state index in [1.165, 1.54) is 0 Å². The van der Waals surface area contributed by atoms with Gasteiger partial charge in [0, 0.05) is 0 Å². The Morgan fingerprint density at radius 2 is 1.10 bits per heavy atom. The summed E-state index contributed by atoms with van der Waals surface area (Å²) in [6.45, 7) is 13.3. The molecule has 0 radical (unpaired) electrons. The third-order valence-corrected chi connectivity index (χ3v) is 6.61. The highest BCUT2D eigenvalue weighted by Crippen LogP contribution is 2.41. The lowest BCUT2D eigenvalue weighted by Gasteiger charge is -2.38. The molecule has 4 heteroatoms. The summed E-state index contributed by atoms with van der Waals surface area (Å²) in [5.74, 6) is 0.191. The van der Waals surface area contributed by atoms with Crippen LogP contribution in [0.1, 0.15) is 101 Å². The van der Waals surface area contributed by atoms with Gasteiger partial charge < -0.3 is 9.47 Å². The number of carbonyl (C=O) groups excluding carboxylic acids is 2. The maximum absolute atomic E-state index is 13.0. The van der Waals surface area contributed by atoms with Gasteiger partial charge in [0.15, 0.2) is 0 Å². The molecular weight excluding hydrogens is 376 g/mol. The lowest BCUT2D eigenvalue weighted by Crippen LogP contribution is -2.35. The number of hydrogen-bond donors (Lipinski definition) is 0. The molecule has 2 aliphatic carbocycles. The Labute approximate surface area is 181 Å². The average Bonchev–Trinajstić information content (AvgIpc) is 2.58. The van der Waals surface area contributed by atoms with Gasteiger partial charge in [-0.2, -0.15) is 0 Å². The van der Waals surface area contributed by atoms with E-state index in [9.17, 15) is 9.59 Å². The maximum atomic E-state index is 13.0. The van der Waals surface area contributed by atoms with Gasteiger partial charge >= 0.3 is 11.9 Å². The lowest BCUT2D eigenvalue weighted by atomic mass is 9.71. The molecule has 2 aliphatic rings. The molecule has 0 aromatic heterocycles. The fraction of sp³-hybridized carbons (Fsp3) is 0.692. The normalized spacial score (nSPS) is 30.3. The van der Waals surface area contributed by atoms with Crippen molar-refractivity contribution < 1.29 is 19.1 Å². The molecule has 0 heterocycles. The summed E-state index contributed by atoms with van der Waals surface area (Å²) in [4.78, 5) is 25.9. The lowest BCUT2D eigenvalue weighted by molar-refractivity contribution is -0.0112. The van der Waals surface area contributed by atoms with Gasteiger partial charge in [0.25, 0.3) is 0 Å². The first-order valence-electron chi connectivity index (χ1n) is 11.5. The Morgan fingerprint density at radius 1 is 0.733 bits per heavy atom. The minimum Gasteiger partial charge on any atom is -0.459 e. The van der Waals surface area contributed by atoms with Gasteiger partial charge in [0.05, 0.1) is 11.1 Å². The van der Waals surface area contributed by atoms with Crippen molar-refractivity contribution in [3.05, 3.63) is 35.4 Å². The zero-order valence-corrected chi connectivity index (χ0v) is 19.5. The van der Waals surface area contributed by atoms with E-state index in [4.69, 9.17) is 9.47 Å². The quantitative estimate of drug-likeness (QED) is 0.533. The first-order chi connectivity index (χ1) is 13.9. The summed E-state index contributed by atoms with van der Waals surface area (Å²) in [6.07, 6.45) is 5.50. The predicted octanol–water partition coefficient (Wildman–Crippen LogP) is 6.43. The third-order valence-electron chi connectivity index (χ3n) is 6.61. The average molecular weight is 415 g/mol. The number of ether oxygens (including phenoxy) is 2. The van der Waals surface area contributed by atoms with Crippen LogP contribution in [-0.2, 0) is 9.47 Å². The van der Waals surface area contributed by atoms with E-state index in [1.807, 2.05) is 0 Å². The molecule has 2 saturated carbocycles. The van der Waals surface area contributed by atoms with E-state index < -0.39 is 11.9 Å². The summed E-state index contributed by atoms with van der Waals surface area (Å²) >= 11 is 0. The molecule has 1 aromatic rings. The molecule has 4 nitrogen and oxygen atoms in total. The zero-order valence-electron chi connectivity index (χ0n) is 19.5. The molecule has 30 heavy (non-hydrogen) atoms. The van der Waals surface area contributed by atoms with Crippen LogP contribution in [-0.4, -0.2) is 24.1 Å². The van der Waals surface area contributed by atoms with Crippen LogP contribution in [0, 0.1) is 22.7 Å². The molecule has 3 rings (SSSR count). The second-order valence-electron chi connectivity index (χ2n) is 11.4. The van der Waals surface area contributed by atoms with E-state index in [1.54, 1.807) is 24.3 Å². The molecule has 0 bridgehead atoms. The number of rotatable bonds is 4. The fourth-order valence-corrected chi connectivity index (χ4v) is 5.97. The van der Waals surface area contributed by atoms with Crippen molar-refractivity contribution in [3.63, 3.8) is 0 Å². The van der Waals surface area contributed by atoms with E-state index in [0.717, 1.165) is 38.5 Å². The first-order valence-corrected chi connectivity index (χ1v) is 11.5. The van der Waals surface area contributed by atoms with Crippen molar-refractivity contribution in [3.8, 4) is 0 Å². The molecule has 0 amide bonds. The predicted molar refractivity (Wildman–Crippen MR) is 118 cm³/mol. The molecule has 2 fully saturated rings. The SMILES string of the molecule is C[C@@H]1C[C@@H](OC(=O)c2ccccc2C(=O)O[C@H]2C[C@H](C)CC(C)(C)C2)CC(C)(C)C1. The topological polar surface area (TPSA) is 52.6 Å². The molecule has 0 N–H and O–H groups in total. The zero-order chi connectivity index (χ0) is 22.1. The van der Waals surface area contributed by atoms with Gasteiger partial charge in [-0.05, 0) is 73.3 Å². The van der Waals surface area contributed by atoms with Crippen LogP contribution in [0.3, 0.4) is 0 Å². The Morgan fingerprint density at radius 3 is 1.43 bits per heavy atom. The Hall–Kier alpha value is -1.84. The summed E-state index contributed by atoms with van der Waals surface area (Å²) in [5.41, 5.74) is 0.931. The minimum absolute atomic E-state index is 0.111. The highest BCUT2D eigenvalue weighted by atomic mass is 16.6. The standard InChI is InChI=1S/C26H38O4/c1-17-11-19(15-25(3,4)13-17)29-23(27)21-9-7-8-10-22(21)24(28)30-20-12-18(2)14-26(5,6)16-20/h7-10,17-20H,11-16H2,1-6H3/t17-,18+,19-,20+. The van der Waals surface area contributed by atoms with Crippen LogP contribution >= 0.6 is 0 Å². The minimum atomic E-state index is -0.421. The Balaban J connectivity index is 1.70. The van der Waals surface area contributed by atoms with Gasteiger partial charge in [0.2, 0.25) is 0 Å². The van der Waals surface area contributed by atoms with E-state index in [2.05, 4.69) is 41.5 Å². The van der Waals surface area contributed by atoms with Crippen LogP contribution in [0.5, 0.6) is 0 Å². The van der Waals surface area contributed by atoms with E-state index in [-0.39, 0.29) is 23.0 Å². The molecule has 0 aliphatic heterocycles. The van der Waals surface area contributed by atoms with Crippen LogP contribution in [0.2, 0.25) is 0 Å². The highest BCUT2D eigenvalue weighted by Gasteiger charge is 2.36. The molecular formula is C26H38O4. The van der Waals surface area contributed by atoms with E-state index >= 15 is 0 Å². The Bertz CT molecular complexity index is 714. The van der Waals surface area contributed by atoms with Crippen LogP contribution in [0.4, 0.5) is 0 Å². The van der Waals surface area contributed by atoms with Crippen LogP contribution in [0.25, 0.3) is 0 Å². The Kier molecular flexibility index (Phi) is 6.64. The van der Waals surface area contributed by atoms with Crippen molar-refractivity contribution in [2.75, 3.05) is 0 Å². The second-order valence-corrected chi connectivity index (χ2v) is 11.4. The smallest absolute Gasteiger partial charge is 0.339 e. The molecule has 1 aromatic carbocycles. The largest absolute Gasteiger partial charge is 0.459 e. The second kappa shape index (κ2) is 8.72. The first kappa shape index (κ1) is 22.8. The number of hydrogen-bond acceptors (Lipinski definition) is 4. The number of esters is 2. The third kappa shape index (κ3) is 5.86. The molecule has 0 spiro atoms. The fourth-order valence-electron chi connectivity index (χ4n) is 5.97. The summed E-state index contributed by atoms with van der Waals surface area (Å²) in [7, 11) is 0. The number of benzene rings is 1. The van der Waals surface area contributed by atoms with Crippen molar-refractivity contribution in [2.24, 2.45) is 22.7 Å². The maximum Gasteiger partial charge on any atom is 0.339 e. The monoisotopic (exact) mass is 414 g/mol. The van der Waals surface area contributed by atoms with Crippen molar-refractivity contribution in [1.82, 2.24) is 0 Å². The molecule has 0 saturated heterocycles. The van der Waals surface area contributed by atoms with Gasteiger partial charge in [-0.15, -0.1) is 0 Å². The summed E-state index contributed by atoms with van der Waals surface area (Å²) in [6, 6.07) is 6.88.